The summed E-state index contributed by atoms with van der Waals surface area (Å²) in [5.74, 6) is 0. The third-order valence-corrected chi connectivity index (χ3v) is 9.10. The third-order valence-electron chi connectivity index (χ3n) is 9.10. The first-order valence-corrected chi connectivity index (χ1v) is 15.1. The van der Waals surface area contributed by atoms with Gasteiger partial charge in [0.1, 0.15) is 0 Å². The average Bonchev–Trinajstić information content (AvgIpc) is 3.11. The van der Waals surface area contributed by atoms with Crippen LogP contribution < -0.4 is 0 Å². The lowest BCUT2D eigenvalue weighted by molar-refractivity contribution is 1.33. The lowest BCUT2D eigenvalue weighted by Crippen LogP contribution is -1.91. The zero-order valence-electron chi connectivity index (χ0n) is 24.0. The smallest absolute Gasteiger partial charge is 0.0347 e. The van der Waals surface area contributed by atoms with Crippen LogP contribution in [0.25, 0.3) is 87.6 Å². The first kappa shape index (κ1) is 24.8. The highest BCUT2D eigenvalue weighted by Crippen LogP contribution is 2.45. The molecular formula is C43H27N. The van der Waals surface area contributed by atoms with Gasteiger partial charge >= 0.3 is 0 Å². The first-order valence-electron chi connectivity index (χ1n) is 15.1. The third kappa shape index (κ3) is 3.83. The zero-order chi connectivity index (χ0) is 29.0. The highest BCUT2D eigenvalue weighted by molar-refractivity contribution is 6.35. The molecule has 1 nitrogen and oxygen atoms in total. The first-order chi connectivity index (χ1) is 21.8. The van der Waals surface area contributed by atoms with Gasteiger partial charge in [-0.2, -0.15) is 0 Å². The Morgan fingerprint density at radius 1 is 0.273 bits per heavy atom. The van der Waals surface area contributed by atoms with Crippen LogP contribution in [0.15, 0.2) is 164 Å². The van der Waals surface area contributed by atoms with E-state index < -0.39 is 0 Å². The molecule has 0 spiro atoms. The summed E-state index contributed by atoms with van der Waals surface area (Å²) < 4.78 is 0. The number of aromatic nitrogens is 1. The Labute approximate surface area is 256 Å². The molecule has 0 aliphatic heterocycles. The maximum Gasteiger partial charge on any atom is 0.0347 e. The van der Waals surface area contributed by atoms with E-state index in [1.165, 1.54) is 76.5 Å². The van der Waals surface area contributed by atoms with Gasteiger partial charge in [0.2, 0.25) is 0 Å². The quantitative estimate of drug-likeness (QED) is 0.155. The second-order valence-electron chi connectivity index (χ2n) is 11.6. The van der Waals surface area contributed by atoms with Crippen molar-refractivity contribution in [3.05, 3.63) is 164 Å². The molecule has 204 valence electrons. The molecular weight excluding hydrogens is 530 g/mol. The fourth-order valence-electron chi connectivity index (χ4n) is 7.09. The maximum absolute atomic E-state index is 4.65. The van der Waals surface area contributed by atoms with Crippen LogP contribution in [0.4, 0.5) is 0 Å². The molecule has 44 heavy (non-hydrogen) atoms. The second-order valence-corrected chi connectivity index (χ2v) is 11.6. The Balaban J connectivity index is 1.27. The average molecular weight is 558 g/mol. The van der Waals surface area contributed by atoms with Crippen LogP contribution >= 0.6 is 0 Å². The highest BCUT2D eigenvalue weighted by Gasteiger charge is 2.17. The zero-order valence-corrected chi connectivity index (χ0v) is 24.0. The molecule has 0 N–H and O–H groups in total. The van der Waals surface area contributed by atoms with Gasteiger partial charge in [-0.25, -0.2) is 0 Å². The summed E-state index contributed by atoms with van der Waals surface area (Å²) in [6.45, 7) is 0. The number of fused-ring (bicyclic) bond motifs is 2. The largest absolute Gasteiger partial charge is 0.263 e. The summed E-state index contributed by atoms with van der Waals surface area (Å²) in [6.07, 6.45) is 3.94. The van der Waals surface area contributed by atoms with Gasteiger partial charge in [-0.3, -0.25) is 4.98 Å². The molecule has 0 amide bonds. The van der Waals surface area contributed by atoms with Gasteiger partial charge < -0.3 is 0 Å². The Kier molecular flexibility index (Phi) is 5.57. The van der Waals surface area contributed by atoms with Crippen molar-refractivity contribution in [1.82, 2.24) is 4.98 Å². The fourth-order valence-corrected chi connectivity index (χ4v) is 7.09. The molecule has 0 fully saturated rings. The predicted molar refractivity (Wildman–Crippen MR) is 187 cm³/mol. The van der Waals surface area contributed by atoms with Crippen LogP contribution in [-0.2, 0) is 0 Å². The van der Waals surface area contributed by atoms with Crippen molar-refractivity contribution in [1.29, 1.82) is 0 Å². The summed E-state index contributed by atoms with van der Waals surface area (Å²) in [7, 11) is 0. The minimum atomic E-state index is 1.13. The van der Waals surface area contributed by atoms with Gasteiger partial charge in [0, 0.05) is 23.5 Å². The van der Waals surface area contributed by atoms with Gasteiger partial charge in [-0.15, -0.1) is 0 Å². The standard InChI is InChI=1S/C43H27N/c1-3-10-28(11-4-1)30-14-7-15-31(24-30)34-20-22-40-39-19-9-17-37-35(33-25-32(26-44-27-33)29-12-5-2-6-13-29)21-23-41(43(37)39)38-18-8-16-36(34)42(38)40/h1-27H. The molecule has 1 aromatic heterocycles. The fraction of sp³-hybridized carbons (Fsp3) is 0. The van der Waals surface area contributed by atoms with Gasteiger partial charge in [-0.05, 0) is 88.6 Å². The highest BCUT2D eigenvalue weighted by atomic mass is 14.6. The van der Waals surface area contributed by atoms with Crippen molar-refractivity contribution in [3.63, 3.8) is 0 Å². The maximum atomic E-state index is 4.65. The van der Waals surface area contributed by atoms with Crippen molar-refractivity contribution in [2.45, 2.75) is 0 Å². The van der Waals surface area contributed by atoms with Crippen LogP contribution in [0.1, 0.15) is 0 Å². The van der Waals surface area contributed by atoms with Crippen LogP contribution in [0.2, 0.25) is 0 Å². The molecule has 1 heterocycles. The van der Waals surface area contributed by atoms with E-state index in [-0.39, 0.29) is 0 Å². The Morgan fingerprint density at radius 3 is 1.34 bits per heavy atom. The Hall–Kier alpha value is -5.79. The number of benzene rings is 8. The summed E-state index contributed by atoms with van der Waals surface area (Å²) in [6, 6.07) is 55.1. The molecule has 0 atom stereocenters. The molecule has 1 heteroatoms. The SMILES string of the molecule is c1ccc(-c2cccc(-c3ccc4c5cccc6c(-c7cncc(-c8ccccc8)c7)ccc(c7cccc3c47)c65)c2)cc1. The van der Waals surface area contributed by atoms with Crippen molar-refractivity contribution in [3.8, 4) is 44.5 Å². The minimum absolute atomic E-state index is 1.13. The molecule has 0 saturated heterocycles. The van der Waals surface area contributed by atoms with E-state index in [2.05, 4.69) is 157 Å². The molecule has 0 radical (unpaired) electrons. The molecule has 0 saturated carbocycles. The van der Waals surface area contributed by atoms with E-state index in [9.17, 15) is 0 Å². The normalized spacial score (nSPS) is 11.6. The Bertz CT molecular complexity index is 2280. The number of pyridine rings is 1. The van der Waals surface area contributed by atoms with E-state index in [0.29, 0.717) is 0 Å². The van der Waals surface area contributed by atoms with Gasteiger partial charge in [0.05, 0.1) is 0 Å². The Morgan fingerprint density at radius 2 is 0.705 bits per heavy atom. The molecule has 0 aliphatic carbocycles. The van der Waals surface area contributed by atoms with E-state index in [1.54, 1.807) is 0 Å². The molecule has 0 aliphatic rings. The van der Waals surface area contributed by atoms with Gasteiger partial charge in [0.15, 0.2) is 0 Å². The van der Waals surface area contributed by atoms with Crippen LogP contribution in [0.5, 0.6) is 0 Å². The second kappa shape index (κ2) is 9.90. The summed E-state index contributed by atoms with van der Waals surface area (Å²) in [5.41, 5.74) is 9.61. The van der Waals surface area contributed by atoms with Crippen molar-refractivity contribution >= 4 is 43.1 Å². The van der Waals surface area contributed by atoms with Crippen molar-refractivity contribution < 1.29 is 0 Å². The van der Waals surface area contributed by atoms with Crippen LogP contribution in [0, 0.1) is 0 Å². The van der Waals surface area contributed by atoms with Crippen molar-refractivity contribution in [2.24, 2.45) is 0 Å². The molecule has 9 rings (SSSR count). The van der Waals surface area contributed by atoms with Crippen LogP contribution in [0.3, 0.4) is 0 Å². The summed E-state index contributed by atoms with van der Waals surface area (Å²) in [4.78, 5) is 4.65. The number of hydrogen-bond acceptors (Lipinski definition) is 1. The molecule has 0 unspecified atom stereocenters. The molecule has 9 aromatic rings. The van der Waals surface area contributed by atoms with E-state index >= 15 is 0 Å². The minimum Gasteiger partial charge on any atom is -0.263 e. The summed E-state index contributed by atoms with van der Waals surface area (Å²) >= 11 is 0. The lowest BCUT2D eigenvalue weighted by Gasteiger charge is -2.18. The monoisotopic (exact) mass is 557 g/mol. The van der Waals surface area contributed by atoms with Gasteiger partial charge in [0.25, 0.3) is 0 Å². The molecule has 8 aromatic carbocycles. The number of nitrogens with zero attached hydrogens (tertiary/aromatic N) is 1. The topological polar surface area (TPSA) is 12.9 Å². The summed E-state index contributed by atoms with van der Waals surface area (Å²) in [5, 5.41) is 10.4. The lowest BCUT2D eigenvalue weighted by atomic mass is 9.85. The van der Waals surface area contributed by atoms with E-state index in [4.69, 9.17) is 0 Å². The van der Waals surface area contributed by atoms with Crippen molar-refractivity contribution in [2.75, 3.05) is 0 Å². The van der Waals surface area contributed by atoms with Crippen LogP contribution in [-0.4, -0.2) is 4.98 Å². The van der Waals surface area contributed by atoms with Gasteiger partial charge in [-0.1, -0.05) is 140 Å². The number of hydrogen-bond donors (Lipinski definition) is 0. The molecule has 0 bridgehead atoms. The number of rotatable bonds is 4. The van der Waals surface area contributed by atoms with E-state index in [0.717, 1.165) is 11.1 Å². The predicted octanol–water partition coefficient (Wildman–Crippen LogP) is 11.8. The van der Waals surface area contributed by atoms with E-state index in [1.807, 2.05) is 12.4 Å².